The predicted octanol–water partition coefficient (Wildman–Crippen LogP) is 16.8. The molecule has 2 aromatic heterocycles. The molecule has 65 heavy (non-hydrogen) atoms. The number of nitrogens with one attached hydrogen (secondary N) is 1. The van der Waals surface area contributed by atoms with Gasteiger partial charge in [0.25, 0.3) is 0 Å². The molecular weight excluding hydrogens is 787 g/mol. The molecule has 0 aliphatic heterocycles. The summed E-state index contributed by atoms with van der Waals surface area (Å²) in [5, 5.41) is 7.28. The van der Waals surface area contributed by atoms with E-state index in [0.29, 0.717) is 0 Å². The summed E-state index contributed by atoms with van der Waals surface area (Å²) in [7, 11) is 4.11. The molecular formula is C62H69N3. The number of aromatic nitrogens is 2. The molecule has 10 rings (SSSR count). The summed E-state index contributed by atoms with van der Waals surface area (Å²) in [5.41, 5.74) is 14.4. The van der Waals surface area contributed by atoms with Crippen LogP contribution in [0.25, 0.3) is 55.6 Å². The van der Waals surface area contributed by atoms with Gasteiger partial charge in [-0.25, -0.2) is 0 Å². The zero-order valence-electron chi connectivity index (χ0n) is 40.0. The highest BCUT2D eigenvalue weighted by Crippen LogP contribution is 2.37. The number of hydrogen-bond donors (Lipinski definition) is 1. The van der Waals surface area contributed by atoms with E-state index in [4.69, 9.17) is 0 Å². The van der Waals surface area contributed by atoms with Crippen LogP contribution in [0.1, 0.15) is 75.9 Å². The monoisotopic (exact) mass is 856 g/mol. The van der Waals surface area contributed by atoms with Gasteiger partial charge in [0.1, 0.15) is 0 Å². The first kappa shape index (κ1) is 49.1. The van der Waals surface area contributed by atoms with E-state index in [9.17, 15) is 0 Å². The number of para-hydroxylation sites is 2. The van der Waals surface area contributed by atoms with Crippen LogP contribution in [0.5, 0.6) is 0 Å². The molecule has 1 aliphatic carbocycles. The molecule has 0 fully saturated rings. The largest absolute Gasteiger partial charge is 0.344 e. The molecule has 0 bridgehead atoms. The second kappa shape index (κ2) is 26.6. The van der Waals surface area contributed by atoms with Gasteiger partial charge in [0.2, 0.25) is 0 Å². The van der Waals surface area contributed by atoms with Crippen LogP contribution in [0.3, 0.4) is 0 Å². The number of rotatable bonds is 8. The maximum absolute atomic E-state index is 3.25. The van der Waals surface area contributed by atoms with Crippen molar-refractivity contribution in [2.24, 2.45) is 7.05 Å². The zero-order chi connectivity index (χ0) is 46.2. The van der Waals surface area contributed by atoms with E-state index in [1.54, 1.807) is 0 Å². The maximum Gasteiger partial charge on any atom is 0.0538 e. The van der Waals surface area contributed by atoms with Gasteiger partial charge in [-0.1, -0.05) is 211 Å². The Hall–Kier alpha value is -6.94. The second-order valence-electron chi connectivity index (χ2n) is 15.2. The Morgan fingerprint density at radius 2 is 1.09 bits per heavy atom. The first-order valence-corrected chi connectivity index (χ1v) is 23.5. The molecule has 0 amide bonds. The SMILES string of the molecule is C/C=C\C=C/CC.CC.CC.CNCc1cccc(-n2c3c(c4cc(-c5ccccc5)ccc42)CC=C3)c1.Cn1c2ccccc2c2ccccc21.c1ccc(Cc2ccccc2)cc1. The first-order chi connectivity index (χ1) is 32.1. The summed E-state index contributed by atoms with van der Waals surface area (Å²) >= 11 is 0. The van der Waals surface area contributed by atoms with E-state index < -0.39 is 0 Å². The van der Waals surface area contributed by atoms with E-state index in [0.717, 1.165) is 25.8 Å². The molecule has 332 valence electrons. The van der Waals surface area contributed by atoms with Gasteiger partial charge >= 0.3 is 0 Å². The van der Waals surface area contributed by atoms with Gasteiger partial charge < -0.3 is 14.5 Å². The molecule has 0 radical (unpaired) electrons. The lowest BCUT2D eigenvalue weighted by Crippen LogP contribution is -2.06. The zero-order valence-corrected chi connectivity index (χ0v) is 40.0. The van der Waals surface area contributed by atoms with Crippen LogP contribution < -0.4 is 5.32 Å². The molecule has 2 heterocycles. The third kappa shape index (κ3) is 13.1. The quantitative estimate of drug-likeness (QED) is 0.151. The van der Waals surface area contributed by atoms with Gasteiger partial charge in [-0.15, -0.1) is 0 Å². The van der Waals surface area contributed by atoms with E-state index >= 15 is 0 Å². The Balaban J connectivity index is 0.000000176. The van der Waals surface area contributed by atoms with Crippen LogP contribution in [-0.2, 0) is 26.4 Å². The average molecular weight is 856 g/mol. The minimum atomic E-state index is 0.878. The fourth-order valence-electron chi connectivity index (χ4n) is 8.02. The van der Waals surface area contributed by atoms with Crippen molar-refractivity contribution in [3.05, 3.63) is 240 Å². The summed E-state index contributed by atoms with van der Waals surface area (Å²) in [6, 6.07) is 64.4. The predicted molar refractivity (Wildman–Crippen MR) is 287 cm³/mol. The van der Waals surface area contributed by atoms with E-state index in [-0.39, 0.29) is 0 Å². The fraction of sp³-hybridized carbons (Fsp3) is 0.194. The Labute approximate surface area is 390 Å². The van der Waals surface area contributed by atoms with E-state index in [1.807, 2.05) is 53.8 Å². The number of benzene rings is 7. The lowest BCUT2D eigenvalue weighted by molar-refractivity contribution is 0.816. The van der Waals surface area contributed by atoms with Crippen molar-refractivity contribution in [2.45, 2.75) is 67.3 Å². The van der Waals surface area contributed by atoms with Crippen molar-refractivity contribution < 1.29 is 0 Å². The lowest BCUT2D eigenvalue weighted by atomic mass is 10.0. The fourth-order valence-corrected chi connectivity index (χ4v) is 8.02. The molecule has 3 nitrogen and oxygen atoms in total. The van der Waals surface area contributed by atoms with E-state index in [2.05, 4.69) is 235 Å². The molecule has 0 spiro atoms. The summed E-state index contributed by atoms with van der Waals surface area (Å²) in [5.74, 6) is 0. The second-order valence-corrected chi connectivity index (χ2v) is 15.2. The van der Waals surface area contributed by atoms with Gasteiger partial charge in [0, 0.05) is 46.5 Å². The number of nitrogens with zero attached hydrogens (tertiary/aromatic N) is 2. The summed E-state index contributed by atoms with van der Waals surface area (Å²) < 4.78 is 4.65. The molecule has 0 saturated heterocycles. The summed E-state index contributed by atoms with van der Waals surface area (Å²) in [6.45, 7) is 13.0. The smallest absolute Gasteiger partial charge is 0.0538 e. The average Bonchev–Trinajstić information content (AvgIpc) is 4.06. The minimum absolute atomic E-state index is 0.878. The normalized spacial score (nSPS) is 11.1. The molecule has 0 saturated carbocycles. The molecule has 0 atom stereocenters. The van der Waals surface area contributed by atoms with E-state index in [1.165, 1.54) is 77.5 Å². The highest BCUT2D eigenvalue weighted by atomic mass is 15.0. The lowest BCUT2D eigenvalue weighted by Gasteiger charge is -2.11. The van der Waals surface area contributed by atoms with Crippen LogP contribution in [0.4, 0.5) is 0 Å². The van der Waals surface area contributed by atoms with Crippen molar-refractivity contribution in [3.8, 4) is 16.8 Å². The Morgan fingerprint density at radius 3 is 1.66 bits per heavy atom. The highest BCUT2D eigenvalue weighted by Gasteiger charge is 2.19. The number of hydrogen-bond acceptors (Lipinski definition) is 1. The molecule has 9 aromatic rings. The summed E-state index contributed by atoms with van der Waals surface area (Å²) in [6.07, 6.45) is 15.9. The maximum atomic E-state index is 3.25. The topological polar surface area (TPSA) is 21.9 Å². The Morgan fingerprint density at radius 1 is 0.538 bits per heavy atom. The third-order valence-corrected chi connectivity index (χ3v) is 11.0. The van der Waals surface area contributed by atoms with Gasteiger partial charge in [0.15, 0.2) is 0 Å². The summed E-state index contributed by atoms with van der Waals surface area (Å²) in [4.78, 5) is 0. The third-order valence-electron chi connectivity index (χ3n) is 11.0. The standard InChI is InChI=1S/C25H22N2.C13H11N.C13H12.C7H12.2C2H6/c1-26-17-18-7-5-10-21(15-18)27-24-12-6-11-22(24)23-16-20(13-14-25(23)27)19-8-3-2-4-9-19;1-14-12-8-4-2-6-10(12)11-7-3-5-9-13(11)14;1-3-7-12(8-4-1)11-13-9-5-2-6-10-13;1-3-5-7-6-4-2;2*1-2/h2-10,12-16,26H,11,17H2,1H3;2-9H,1H3;1-10H,11H2;3,5-7H,4H2,1-2H3;2*1-2H3/b;;;5-3-,7-6-;;. The minimum Gasteiger partial charge on any atom is -0.344 e. The van der Waals surface area contributed by atoms with Crippen LogP contribution in [0.2, 0.25) is 0 Å². The van der Waals surface area contributed by atoms with Crippen molar-refractivity contribution >= 4 is 38.8 Å². The molecule has 0 unspecified atom stereocenters. The first-order valence-electron chi connectivity index (χ1n) is 23.5. The molecule has 1 N–H and O–H groups in total. The number of fused-ring (bicyclic) bond motifs is 6. The van der Waals surface area contributed by atoms with Crippen molar-refractivity contribution in [3.63, 3.8) is 0 Å². The molecule has 7 aromatic carbocycles. The highest BCUT2D eigenvalue weighted by molar-refractivity contribution is 6.07. The van der Waals surface area contributed by atoms with Crippen LogP contribution >= 0.6 is 0 Å². The van der Waals surface area contributed by atoms with Gasteiger partial charge in [0.05, 0.1) is 11.2 Å². The van der Waals surface area contributed by atoms with Crippen LogP contribution in [0.15, 0.2) is 212 Å². The Bertz CT molecular complexity index is 2760. The molecule has 1 aliphatic rings. The van der Waals surface area contributed by atoms with Crippen LogP contribution in [-0.4, -0.2) is 16.2 Å². The van der Waals surface area contributed by atoms with Crippen molar-refractivity contribution in [1.29, 1.82) is 0 Å². The van der Waals surface area contributed by atoms with Crippen molar-refractivity contribution in [1.82, 2.24) is 14.5 Å². The number of aryl methyl sites for hydroxylation is 1. The van der Waals surface area contributed by atoms with Gasteiger partial charge in [-0.2, -0.15) is 0 Å². The van der Waals surface area contributed by atoms with Crippen LogP contribution in [0, 0.1) is 0 Å². The number of allylic oxidation sites excluding steroid dienone is 5. The van der Waals surface area contributed by atoms with Crippen molar-refractivity contribution in [2.75, 3.05) is 7.05 Å². The Kier molecular flexibility index (Phi) is 20.1. The van der Waals surface area contributed by atoms with Gasteiger partial charge in [-0.05, 0) is 109 Å². The van der Waals surface area contributed by atoms with Gasteiger partial charge in [-0.3, -0.25) is 0 Å². The molecule has 3 heteroatoms.